The SMILES string of the molecule is O=C1COC2CCN(C(=O)N3CC(F)(c4ccc(Br)cc4)C3)C[C@H]2N1. The maximum atomic E-state index is 15.0. The Labute approximate surface area is 153 Å². The fraction of sp³-hybridized carbons (Fsp3) is 0.529. The topological polar surface area (TPSA) is 61.9 Å². The lowest BCUT2D eigenvalue weighted by Crippen LogP contribution is -2.66. The highest BCUT2D eigenvalue weighted by Crippen LogP contribution is 2.37. The molecular weight excluding hydrogens is 393 g/mol. The van der Waals surface area contributed by atoms with Gasteiger partial charge in [0.1, 0.15) is 6.61 Å². The number of urea groups is 1. The summed E-state index contributed by atoms with van der Waals surface area (Å²) in [5.74, 6) is -0.155. The van der Waals surface area contributed by atoms with Crippen molar-refractivity contribution >= 4 is 27.9 Å². The number of carbonyl (C=O) groups is 2. The average Bonchev–Trinajstić information content (AvgIpc) is 2.58. The number of morpholine rings is 1. The summed E-state index contributed by atoms with van der Waals surface area (Å²) in [6, 6.07) is 6.74. The number of benzene rings is 1. The number of rotatable bonds is 1. The number of ether oxygens (including phenoxy) is 1. The smallest absolute Gasteiger partial charge is 0.320 e. The molecular formula is C17H19BrFN3O3. The van der Waals surface area contributed by atoms with Gasteiger partial charge in [0.2, 0.25) is 5.91 Å². The predicted molar refractivity (Wildman–Crippen MR) is 91.8 cm³/mol. The second-order valence-corrected chi connectivity index (χ2v) is 7.78. The average molecular weight is 412 g/mol. The molecule has 25 heavy (non-hydrogen) atoms. The number of alkyl halides is 1. The van der Waals surface area contributed by atoms with Crippen molar-refractivity contribution < 1.29 is 18.7 Å². The summed E-state index contributed by atoms with van der Waals surface area (Å²) < 4.78 is 21.4. The lowest BCUT2D eigenvalue weighted by Gasteiger charge is -2.48. The van der Waals surface area contributed by atoms with Crippen molar-refractivity contribution in [3.63, 3.8) is 0 Å². The van der Waals surface area contributed by atoms with Crippen molar-refractivity contribution in [2.24, 2.45) is 0 Å². The third-order valence-electron chi connectivity index (χ3n) is 5.11. The molecule has 0 aromatic heterocycles. The molecule has 0 aliphatic carbocycles. The van der Waals surface area contributed by atoms with Crippen molar-refractivity contribution in [2.45, 2.75) is 24.2 Å². The highest BCUT2D eigenvalue weighted by Gasteiger charge is 2.49. The molecule has 1 aromatic carbocycles. The van der Waals surface area contributed by atoms with Crippen LogP contribution in [0.3, 0.4) is 0 Å². The van der Waals surface area contributed by atoms with Crippen molar-refractivity contribution in [1.29, 1.82) is 0 Å². The van der Waals surface area contributed by atoms with E-state index in [1.807, 2.05) is 0 Å². The van der Waals surface area contributed by atoms with Gasteiger partial charge in [0.25, 0.3) is 0 Å². The van der Waals surface area contributed by atoms with Crippen LogP contribution in [0.4, 0.5) is 9.18 Å². The van der Waals surface area contributed by atoms with Crippen LogP contribution in [0.25, 0.3) is 0 Å². The molecule has 3 aliphatic rings. The first kappa shape index (κ1) is 16.8. The van der Waals surface area contributed by atoms with Crippen molar-refractivity contribution in [1.82, 2.24) is 15.1 Å². The maximum absolute atomic E-state index is 15.0. The summed E-state index contributed by atoms with van der Waals surface area (Å²) in [6.07, 6.45) is 0.638. The summed E-state index contributed by atoms with van der Waals surface area (Å²) in [7, 11) is 0. The lowest BCUT2D eigenvalue weighted by molar-refractivity contribution is -0.140. The van der Waals surface area contributed by atoms with E-state index in [1.165, 1.54) is 4.90 Å². The predicted octanol–water partition coefficient (Wildman–Crippen LogP) is 1.64. The number of fused-ring (bicyclic) bond motifs is 1. The number of piperidine rings is 1. The lowest BCUT2D eigenvalue weighted by atomic mass is 9.88. The van der Waals surface area contributed by atoms with Gasteiger partial charge in [-0.15, -0.1) is 0 Å². The number of halogens is 2. The van der Waals surface area contributed by atoms with Gasteiger partial charge < -0.3 is 19.9 Å². The third kappa shape index (κ3) is 3.13. The summed E-state index contributed by atoms with van der Waals surface area (Å²) in [5.41, 5.74) is -0.900. The van der Waals surface area contributed by atoms with Gasteiger partial charge in [-0.2, -0.15) is 0 Å². The molecule has 3 amide bonds. The van der Waals surface area contributed by atoms with Crippen LogP contribution in [-0.4, -0.2) is 66.7 Å². The minimum Gasteiger partial charge on any atom is -0.366 e. The molecule has 3 heterocycles. The van der Waals surface area contributed by atoms with Crippen LogP contribution < -0.4 is 5.32 Å². The number of amides is 3. The quantitative estimate of drug-likeness (QED) is 0.763. The van der Waals surface area contributed by atoms with Crippen LogP contribution in [0.5, 0.6) is 0 Å². The number of carbonyl (C=O) groups excluding carboxylic acids is 2. The van der Waals surface area contributed by atoms with Crippen LogP contribution in [0.2, 0.25) is 0 Å². The largest absolute Gasteiger partial charge is 0.366 e. The molecule has 0 spiro atoms. The summed E-state index contributed by atoms with van der Waals surface area (Å²) in [6.45, 7) is 1.16. The molecule has 1 unspecified atom stereocenters. The molecule has 2 atom stereocenters. The van der Waals surface area contributed by atoms with Gasteiger partial charge in [0.05, 0.1) is 25.2 Å². The van der Waals surface area contributed by atoms with Gasteiger partial charge in [0.15, 0.2) is 5.67 Å². The van der Waals surface area contributed by atoms with Crippen LogP contribution in [0.1, 0.15) is 12.0 Å². The standard InChI is InChI=1S/C17H19BrFN3O3/c18-12-3-1-11(2-4-12)17(19)9-22(10-17)16(24)21-6-5-14-13(7-21)20-15(23)8-25-14/h1-4,13-14H,5-10H2,(H,20,23)/t13-,14?/m1/s1. The molecule has 1 N–H and O–H groups in total. The number of nitrogens with zero attached hydrogens (tertiary/aromatic N) is 2. The van der Waals surface area contributed by atoms with Gasteiger partial charge in [-0.25, -0.2) is 9.18 Å². The van der Waals surface area contributed by atoms with E-state index in [0.717, 1.165) is 4.47 Å². The minimum atomic E-state index is -1.49. The molecule has 0 radical (unpaired) electrons. The Morgan fingerprint density at radius 3 is 2.72 bits per heavy atom. The van der Waals surface area contributed by atoms with Crippen LogP contribution >= 0.6 is 15.9 Å². The van der Waals surface area contributed by atoms with E-state index < -0.39 is 5.67 Å². The molecule has 3 fully saturated rings. The summed E-state index contributed by atoms with van der Waals surface area (Å²) >= 11 is 3.34. The van der Waals surface area contributed by atoms with Crippen LogP contribution in [-0.2, 0) is 15.2 Å². The Balaban J connectivity index is 1.37. The van der Waals surface area contributed by atoms with Gasteiger partial charge in [0, 0.05) is 17.6 Å². The van der Waals surface area contributed by atoms with Crippen molar-refractivity contribution in [3.05, 3.63) is 34.3 Å². The number of hydrogen-bond donors (Lipinski definition) is 1. The maximum Gasteiger partial charge on any atom is 0.320 e. The number of hydrogen-bond acceptors (Lipinski definition) is 3. The zero-order valence-electron chi connectivity index (χ0n) is 13.6. The van der Waals surface area contributed by atoms with E-state index in [4.69, 9.17) is 4.74 Å². The molecule has 0 bridgehead atoms. The monoisotopic (exact) mass is 411 g/mol. The first-order chi connectivity index (χ1) is 11.9. The zero-order chi connectivity index (χ0) is 17.6. The van der Waals surface area contributed by atoms with Crippen molar-refractivity contribution in [3.8, 4) is 0 Å². The minimum absolute atomic E-state index is 0.0406. The first-order valence-corrected chi connectivity index (χ1v) is 9.14. The fourth-order valence-electron chi connectivity index (χ4n) is 3.70. The number of nitrogens with one attached hydrogen (secondary N) is 1. The Morgan fingerprint density at radius 2 is 2.00 bits per heavy atom. The molecule has 3 aliphatic heterocycles. The van der Waals surface area contributed by atoms with E-state index in [-0.39, 0.29) is 43.8 Å². The Morgan fingerprint density at radius 1 is 1.28 bits per heavy atom. The normalized spacial score (nSPS) is 28.0. The van der Waals surface area contributed by atoms with Crippen LogP contribution in [0.15, 0.2) is 28.7 Å². The molecule has 6 nitrogen and oxygen atoms in total. The Hall–Kier alpha value is -1.67. The Kier molecular flexibility index (Phi) is 4.19. The van der Waals surface area contributed by atoms with E-state index in [0.29, 0.717) is 25.1 Å². The fourth-order valence-corrected chi connectivity index (χ4v) is 3.96. The molecule has 0 saturated carbocycles. The first-order valence-electron chi connectivity index (χ1n) is 8.34. The second kappa shape index (κ2) is 6.25. The van der Waals surface area contributed by atoms with Crippen molar-refractivity contribution in [2.75, 3.05) is 32.8 Å². The molecule has 4 rings (SSSR count). The third-order valence-corrected chi connectivity index (χ3v) is 5.64. The number of likely N-dealkylation sites (tertiary alicyclic amines) is 2. The molecule has 134 valence electrons. The Bertz CT molecular complexity index is 693. The van der Waals surface area contributed by atoms with Gasteiger partial charge >= 0.3 is 6.03 Å². The van der Waals surface area contributed by atoms with Gasteiger partial charge in [-0.05, 0) is 24.1 Å². The molecule has 1 aromatic rings. The van der Waals surface area contributed by atoms with Gasteiger partial charge in [-0.3, -0.25) is 4.79 Å². The highest BCUT2D eigenvalue weighted by molar-refractivity contribution is 9.10. The van der Waals surface area contributed by atoms with Crippen LogP contribution in [0, 0.1) is 0 Å². The van der Waals surface area contributed by atoms with E-state index in [1.54, 1.807) is 29.2 Å². The van der Waals surface area contributed by atoms with Gasteiger partial charge in [-0.1, -0.05) is 28.1 Å². The van der Waals surface area contributed by atoms with E-state index >= 15 is 0 Å². The van der Waals surface area contributed by atoms with E-state index in [9.17, 15) is 14.0 Å². The zero-order valence-corrected chi connectivity index (χ0v) is 15.2. The highest BCUT2D eigenvalue weighted by atomic mass is 79.9. The molecule has 3 saturated heterocycles. The second-order valence-electron chi connectivity index (χ2n) is 6.87. The molecule has 8 heteroatoms. The summed E-state index contributed by atoms with van der Waals surface area (Å²) in [4.78, 5) is 27.3. The summed E-state index contributed by atoms with van der Waals surface area (Å²) in [5, 5.41) is 2.87. The van der Waals surface area contributed by atoms with E-state index in [2.05, 4.69) is 21.2 Å².